The second-order valence-electron chi connectivity index (χ2n) is 6.66. The van der Waals surface area contributed by atoms with Gasteiger partial charge < -0.3 is 4.57 Å². The van der Waals surface area contributed by atoms with Crippen LogP contribution in [0.15, 0.2) is 82.3 Å². The molecular weight excluding hydrogens is 416 g/mol. The lowest BCUT2D eigenvalue weighted by Crippen LogP contribution is -2.20. The highest BCUT2D eigenvalue weighted by Gasteiger charge is 2.17. The lowest BCUT2D eigenvalue weighted by atomic mass is 10.0. The van der Waals surface area contributed by atoms with Gasteiger partial charge in [-0.25, -0.2) is 0 Å². The van der Waals surface area contributed by atoms with Crippen LogP contribution in [0.3, 0.4) is 0 Å². The monoisotopic (exact) mass is 432 g/mol. The number of para-hydroxylation sites is 1. The summed E-state index contributed by atoms with van der Waals surface area (Å²) < 4.78 is 2.94. The van der Waals surface area contributed by atoms with E-state index in [0.29, 0.717) is 17.5 Å². The normalized spacial score (nSPS) is 10.9. The molecule has 28 heavy (non-hydrogen) atoms. The number of rotatable bonds is 4. The third-order valence-corrected chi connectivity index (χ3v) is 5.14. The maximum absolute atomic E-state index is 13.0. The van der Waals surface area contributed by atoms with Crippen molar-refractivity contribution in [2.75, 3.05) is 0 Å². The van der Waals surface area contributed by atoms with E-state index in [0.717, 1.165) is 21.2 Å². The molecule has 0 aliphatic carbocycles. The molecule has 0 spiro atoms. The number of fused-ring (bicyclic) bond motifs is 1. The van der Waals surface area contributed by atoms with Crippen LogP contribution in [-0.2, 0) is 6.54 Å². The van der Waals surface area contributed by atoms with Crippen molar-refractivity contribution in [3.05, 3.63) is 110 Å². The number of carbonyl (C=O) groups excluding carboxylic acids is 1. The van der Waals surface area contributed by atoms with Gasteiger partial charge >= 0.3 is 0 Å². The highest BCUT2D eigenvalue weighted by Crippen LogP contribution is 2.18. The van der Waals surface area contributed by atoms with Crippen LogP contribution < -0.4 is 5.43 Å². The van der Waals surface area contributed by atoms with Crippen LogP contribution in [0.2, 0.25) is 0 Å². The van der Waals surface area contributed by atoms with Gasteiger partial charge in [-0.15, -0.1) is 0 Å². The molecule has 0 saturated heterocycles. The van der Waals surface area contributed by atoms with Gasteiger partial charge in [0.05, 0.1) is 11.1 Å². The topological polar surface area (TPSA) is 52.0 Å². The van der Waals surface area contributed by atoms with E-state index in [1.54, 1.807) is 24.4 Å². The van der Waals surface area contributed by atoms with E-state index in [4.69, 9.17) is 0 Å². The molecule has 138 valence electrons. The number of aromatic nitrogens is 2. The first-order valence-electron chi connectivity index (χ1n) is 8.87. The summed E-state index contributed by atoms with van der Waals surface area (Å²) >= 11 is 3.49. The number of ketones is 1. The van der Waals surface area contributed by atoms with Gasteiger partial charge in [0, 0.05) is 40.1 Å². The van der Waals surface area contributed by atoms with Crippen molar-refractivity contribution in [1.82, 2.24) is 9.55 Å². The number of hydrogen-bond acceptors (Lipinski definition) is 3. The van der Waals surface area contributed by atoms with Crippen LogP contribution in [0, 0.1) is 6.92 Å². The number of pyridine rings is 2. The van der Waals surface area contributed by atoms with Crippen LogP contribution in [-0.4, -0.2) is 15.3 Å². The fraction of sp³-hybridized carbons (Fsp3) is 0.0870. The SMILES string of the molecule is Cc1ccc(C(=O)c2cn(Cc3cccc(Br)c3)c3ccccc3c2=O)cn1. The molecule has 4 nitrogen and oxygen atoms in total. The second kappa shape index (κ2) is 7.52. The molecule has 4 aromatic rings. The summed E-state index contributed by atoms with van der Waals surface area (Å²) in [4.78, 5) is 30.2. The van der Waals surface area contributed by atoms with Crippen molar-refractivity contribution in [3.8, 4) is 0 Å². The molecule has 2 aromatic heterocycles. The summed E-state index contributed by atoms with van der Waals surface area (Å²) in [5, 5.41) is 0.531. The van der Waals surface area contributed by atoms with Gasteiger partial charge in [0.15, 0.2) is 5.78 Å². The first kappa shape index (κ1) is 18.3. The Labute approximate surface area is 170 Å². The third-order valence-electron chi connectivity index (χ3n) is 4.65. The molecule has 2 heterocycles. The first-order valence-corrected chi connectivity index (χ1v) is 9.66. The molecule has 0 aliphatic heterocycles. The van der Waals surface area contributed by atoms with Crippen molar-refractivity contribution >= 4 is 32.6 Å². The zero-order valence-electron chi connectivity index (χ0n) is 15.2. The fourth-order valence-corrected chi connectivity index (χ4v) is 3.67. The molecule has 0 atom stereocenters. The Hall–Kier alpha value is -3.05. The van der Waals surface area contributed by atoms with Crippen molar-refractivity contribution in [1.29, 1.82) is 0 Å². The molecule has 0 N–H and O–H groups in total. The van der Waals surface area contributed by atoms with E-state index in [1.165, 1.54) is 6.20 Å². The molecule has 0 aliphatic rings. The Kier molecular flexibility index (Phi) is 4.92. The molecule has 4 rings (SSSR count). The summed E-state index contributed by atoms with van der Waals surface area (Å²) in [6, 6.07) is 18.8. The Bertz CT molecular complexity index is 1240. The van der Waals surface area contributed by atoms with E-state index in [2.05, 4.69) is 20.9 Å². The predicted octanol–water partition coefficient (Wildman–Crippen LogP) is 4.75. The molecule has 0 unspecified atom stereocenters. The Morgan fingerprint density at radius 1 is 1.07 bits per heavy atom. The zero-order valence-corrected chi connectivity index (χ0v) is 16.8. The predicted molar refractivity (Wildman–Crippen MR) is 114 cm³/mol. The maximum Gasteiger partial charge on any atom is 0.200 e. The van der Waals surface area contributed by atoms with Gasteiger partial charge in [0.25, 0.3) is 0 Å². The van der Waals surface area contributed by atoms with Gasteiger partial charge in [-0.1, -0.05) is 40.2 Å². The van der Waals surface area contributed by atoms with E-state index in [-0.39, 0.29) is 16.8 Å². The number of nitrogens with zero attached hydrogens (tertiary/aromatic N) is 2. The van der Waals surface area contributed by atoms with Crippen LogP contribution >= 0.6 is 15.9 Å². The molecule has 0 bridgehead atoms. The molecule has 5 heteroatoms. The summed E-state index contributed by atoms with van der Waals surface area (Å²) in [7, 11) is 0. The molecule has 0 radical (unpaired) electrons. The highest BCUT2D eigenvalue weighted by molar-refractivity contribution is 9.10. The molecular formula is C23H17BrN2O2. The van der Waals surface area contributed by atoms with Crippen LogP contribution in [0.5, 0.6) is 0 Å². The van der Waals surface area contributed by atoms with E-state index in [1.807, 2.05) is 54.0 Å². The average Bonchev–Trinajstić information content (AvgIpc) is 2.70. The van der Waals surface area contributed by atoms with Gasteiger partial charge in [-0.3, -0.25) is 14.6 Å². The number of benzene rings is 2. The lowest BCUT2D eigenvalue weighted by molar-refractivity contribution is 0.103. The molecule has 2 aromatic carbocycles. The summed E-state index contributed by atoms with van der Waals surface area (Å²) in [5.74, 6) is -0.314. The van der Waals surface area contributed by atoms with Gasteiger partial charge in [-0.2, -0.15) is 0 Å². The third kappa shape index (κ3) is 3.53. The van der Waals surface area contributed by atoms with Crippen LogP contribution in [0.1, 0.15) is 27.2 Å². The van der Waals surface area contributed by atoms with Crippen molar-refractivity contribution in [2.45, 2.75) is 13.5 Å². The standard InChI is InChI=1S/C23H17BrN2O2/c1-15-9-10-17(12-25-15)22(27)20-14-26(13-16-5-4-6-18(24)11-16)21-8-3-2-7-19(21)23(20)28/h2-12,14H,13H2,1H3. The van der Waals surface area contributed by atoms with E-state index < -0.39 is 0 Å². The fourth-order valence-electron chi connectivity index (χ4n) is 3.23. The van der Waals surface area contributed by atoms with Crippen LogP contribution in [0.25, 0.3) is 10.9 Å². The second-order valence-corrected chi connectivity index (χ2v) is 7.58. The van der Waals surface area contributed by atoms with E-state index >= 15 is 0 Å². The number of halogens is 1. The largest absolute Gasteiger partial charge is 0.342 e. The Morgan fingerprint density at radius 3 is 2.64 bits per heavy atom. The molecule has 0 saturated carbocycles. The zero-order chi connectivity index (χ0) is 19.7. The van der Waals surface area contributed by atoms with Crippen molar-refractivity contribution in [2.24, 2.45) is 0 Å². The van der Waals surface area contributed by atoms with Gasteiger partial charge in [-0.05, 0) is 48.9 Å². The van der Waals surface area contributed by atoms with E-state index in [9.17, 15) is 9.59 Å². The van der Waals surface area contributed by atoms with Gasteiger partial charge in [0.1, 0.15) is 0 Å². The maximum atomic E-state index is 13.0. The summed E-state index contributed by atoms with van der Waals surface area (Å²) in [6.45, 7) is 2.40. The lowest BCUT2D eigenvalue weighted by Gasteiger charge is -2.13. The van der Waals surface area contributed by atoms with Crippen LogP contribution in [0.4, 0.5) is 0 Å². The smallest absolute Gasteiger partial charge is 0.200 e. The Morgan fingerprint density at radius 2 is 1.89 bits per heavy atom. The minimum atomic E-state index is -0.314. The van der Waals surface area contributed by atoms with Gasteiger partial charge in [0.2, 0.25) is 5.43 Å². The Balaban J connectivity index is 1.87. The molecule has 0 fully saturated rings. The average molecular weight is 433 g/mol. The molecule has 0 amide bonds. The highest BCUT2D eigenvalue weighted by atomic mass is 79.9. The minimum Gasteiger partial charge on any atom is -0.342 e. The van der Waals surface area contributed by atoms with Crippen molar-refractivity contribution < 1.29 is 4.79 Å². The number of hydrogen-bond donors (Lipinski definition) is 0. The summed E-state index contributed by atoms with van der Waals surface area (Å²) in [5.41, 5.74) is 2.99. The number of aryl methyl sites for hydroxylation is 1. The first-order chi connectivity index (χ1) is 13.5. The summed E-state index contributed by atoms with van der Waals surface area (Å²) in [6.07, 6.45) is 3.18. The minimum absolute atomic E-state index is 0.152. The van der Waals surface area contributed by atoms with Crippen molar-refractivity contribution in [3.63, 3.8) is 0 Å². The number of carbonyl (C=O) groups is 1. The quantitative estimate of drug-likeness (QED) is 0.437.